The number of aromatic amines is 1. The summed E-state index contributed by atoms with van der Waals surface area (Å²) in [5, 5.41) is 4.93. The number of likely N-dealkylation sites (N-methyl/N-ethyl adjacent to an activating group) is 1. The number of benzene rings is 1. The van der Waals surface area contributed by atoms with Gasteiger partial charge in [-0.3, -0.25) is 9.78 Å². The summed E-state index contributed by atoms with van der Waals surface area (Å²) in [5.74, 6) is 1.13. The van der Waals surface area contributed by atoms with E-state index in [1.165, 1.54) is 19.3 Å². The lowest BCUT2D eigenvalue weighted by Crippen LogP contribution is -2.48. The van der Waals surface area contributed by atoms with E-state index in [0.717, 1.165) is 24.8 Å². The van der Waals surface area contributed by atoms with Crippen LogP contribution in [-0.4, -0.2) is 24.2 Å². The molecule has 0 aliphatic heterocycles. The van der Waals surface area contributed by atoms with Crippen LogP contribution in [-0.2, 0) is 0 Å². The molecule has 1 aliphatic carbocycles. The van der Waals surface area contributed by atoms with Gasteiger partial charge < -0.3 is 10.1 Å². The molecule has 4 heteroatoms. The van der Waals surface area contributed by atoms with Gasteiger partial charge >= 0.3 is 0 Å². The van der Waals surface area contributed by atoms with Crippen LogP contribution >= 0.6 is 0 Å². The molecule has 4 nitrogen and oxygen atoms in total. The van der Waals surface area contributed by atoms with Gasteiger partial charge in [-0.05, 0) is 50.1 Å². The summed E-state index contributed by atoms with van der Waals surface area (Å²) in [5.41, 5.74) is -0.293. The van der Waals surface area contributed by atoms with Crippen molar-refractivity contribution in [3.8, 4) is 5.88 Å². The van der Waals surface area contributed by atoms with Crippen molar-refractivity contribution in [1.82, 2.24) is 10.3 Å². The zero-order valence-corrected chi connectivity index (χ0v) is 14.0. The van der Waals surface area contributed by atoms with Crippen LogP contribution in [0.5, 0.6) is 5.88 Å². The maximum atomic E-state index is 12.3. The van der Waals surface area contributed by atoms with Crippen molar-refractivity contribution in [3.05, 3.63) is 40.7 Å². The molecule has 0 spiro atoms. The van der Waals surface area contributed by atoms with Gasteiger partial charge in [-0.25, -0.2) is 0 Å². The van der Waals surface area contributed by atoms with Gasteiger partial charge in [0.25, 0.3) is 5.56 Å². The number of fused-ring (bicyclic) bond motifs is 1. The molecule has 0 saturated heterocycles. The maximum absolute atomic E-state index is 12.3. The lowest BCUT2D eigenvalue weighted by molar-refractivity contribution is 0.0233. The quantitative estimate of drug-likeness (QED) is 0.858. The first kappa shape index (κ1) is 16.1. The van der Waals surface area contributed by atoms with Crippen LogP contribution in [0.1, 0.15) is 39.0 Å². The molecule has 2 unspecified atom stereocenters. The second-order valence-electron chi connectivity index (χ2n) is 6.62. The Labute approximate surface area is 137 Å². The topological polar surface area (TPSA) is 54.1 Å². The molecule has 2 atom stereocenters. The molecule has 23 heavy (non-hydrogen) atoms. The minimum Gasteiger partial charge on any atom is -0.471 e. The zero-order chi connectivity index (χ0) is 16.3. The Kier molecular flexibility index (Phi) is 4.71. The Hall–Kier alpha value is -1.81. The largest absolute Gasteiger partial charge is 0.471 e. The number of aromatic nitrogens is 1. The Balaban J connectivity index is 1.96. The van der Waals surface area contributed by atoms with E-state index in [0.29, 0.717) is 17.2 Å². The van der Waals surface area contributed by atoms with Crippen molar-refractivity contribution in [3.63, 3.8) is 0 Å². The molecular formula is C19H26N2O2. The van der Waals surface area contributed by atoms with E-state index in [9.17, 15) is 4.79 Å². The highest BCUT2D eigenvalue weighted by atomic mass is 16.5. The highest BCUT2D eigenvalue weighted by molar-refractivity contribution is 5.82. The third-order valence-electron chi connectivity index (χ3n) is 5.05. The highest BCUT2D eigenvalue weighted by Gasteiger charge is 2.44. The van der Waals surface area contributed by atoms with Gasteiger partial charge in [0.1, 0.15) is 5.60 Å². The van der Waals surface area contributed by atoms with E-state index < -0.39 is 0 Å². The minimum absolute atomic E-state index is 0.0808. The van der Waals surface area contributed by atoms with Crippen molar-refractivity contribution in [1.29, 1.82) is 0 Å². The Morgan fingerprint density at radius 1 is 1.39 bits per heavy atom. The summed E-state index contributed by atoms with van der Waals surface area (Å²) in [6.45, 7) is 3.03. The molecule has 0 bridgehead atoms. The maximum Gasteiger partial charge on any atom is 0.258 e. The molecule has 1 fully saturated rings. The molecule has 1 aromatic heterocycles. The second kappa shape index (κ2) is 6.75. The van der Waals surface area contributed by atoms with E-state index >= 15 is 0 Å². The van der Waals surface area contributed by atoms with Crippen LogP contribution in [0.3, 0.4) is 0 Å². The molecule has 2 aromatic rings. The van der Waals surface area contributed by atoms with Crippen LogP contribution in [0.2, 0.25) is 0 Å². The van der Waals surface area contributed by atoms with Gasteiger partial charge in [-0.1, -0.05) is 31.5 Å². The fraction of sp³-hybridized carbons (Fsp3) is 0.526. The lowest BCUT2D eigenvalue weighted by atomic mass is 9.87. The fourth-order valence-electron chi connectivity index (χ4n) is 4.03. The summed E-state index contributed by atoms with van der Waals surface area (Å²) >= 11 is 0. The molecule has 2 N–H and O–H groups in total. The number of rotatable bonds is 6. The Bertz CT molecular complexity index is 725. The van der Waals surface area contributed by atoms with Gasteiger partial charge in [-0.2, -0.15) is 0 Å². The summed E-state index contributed by atoms with van der Waals surface area (Å²) in [6, 6.07) is 9.59. The normalized spacial score (nSPS) is 24.2. The van der Waals surface area contributed by atoms with Gasteiger partial charge in [0.05, 0.1) is 0 Å². The molecule has 1 heterocycles. The number of nitrogens with one attached hydrogen (secondary N) is 2. The molecule has 3 rings (SSSR count). The van der Waals surface area contributed by atoms with E-state index in [2.05, 4.69) is 17.2 Å². The summed E-state index contributed by atoms with van der Waals surface area (Å²) in [4.78, 5) is 15.2. The highest BCUT2D eigenvalue weighted by Crippen LogP contribution is 2.41. The van der Waals surface area contributed by atoms with Crippen molar-refractivity contribution < 1.29 is 4.74 Å². The van der Waals surface area contributed by atoms with Gasteiger partial charge in [-0.15, -0.1) is 0 Å². The standard InChI is InChI=1S/C19H26N2O2/c1-3-7-15-9-6-11-19(15,13-20-2)23-17-12-14-8-4-5-10-16(14)18(22)21-17/h4-5,8,10,12,15,20H,3,6-7,9,11,13H2,1-2H3,(H,21,22). The van der Waals surface area contributed by atoms with E-state index in [-0.39, 0.29) is 11.2 Å². The minimum atomic E-state index is -0.212. The molecule has 124 valence electrons. The SMILES string of the molecule is CCCC1CCCC1(CNC)Oc1cc2ccccc2c(=O)[nH]1. The molecule has 0 amide bonds. The van der Waals surface area contributed by atoms with Crippen molar-refractivity contribution in [2.45, 2.75) is 44.6 Å². The van der Waals surface area contributed by atoms with Crippen molar-refractivity contribution >= 4 is 10.8 Å². The number of hydrogen-bond donors (Lipinski definition) is 2. The predicted molar refractivity (Wildman–Crippen MR) is 94.1 cm³/mol. The average Bonchev–Trinajstić information content (AvgIpc) is 2.91. The zero-order valence-electron chi connectivity index (χ0n) is 14.0. The van der Waals surface area contributed by atoms with E-state index in [4.69, 9.17) is 4.74 Å². The van der Waals surface area contributed by atoms with Crippen LogP contribution in [0, 0.1) is 5.92 Å². The first-order valence-electron chi connectivity index (χ1n) is 8.64. The second-order valence-corrected chi connectivity index (χ2v) is 6.62. The Morgan fingerprint density at radius 3 is 3.00 bits per heavy atom. The smallest absolute Gasteiger partial charge is 0.258 e. The van der Waals surface area contributed by atoms with Gasteiger partial charge in [0, 0.05) is 18.0 Å². The summed E-state index contributed by atoms with van der Waals surface area (Å²) in [6.07, 6.45) is 5.75. The molecule has 0 radical (unpaired) electrons. The van der Waals surface area contributed by atoms with Crippen LogP contribution < -0.4 is 15.6 Å². The monoisotopic (exact) mass is 314 g/mol. The first-order valence-corrected chi connectivity index (χ1v) is 8.64. The van der Waals surface area contributed by atoms with Crippen LogP contribution in [0.25, 0.3) is 10.8 Å². The van der Waals surface area contributed by atoms with Crippen molar-refractivity contribution in [2.75, 3.05) is 13.6 Å². The molecule has 1 saturated carbocycles. The third-order valence-corrected chi connectivity index (χ3v) is 5.05. The number of H-pyrrole nitrogens is 1. The lowest BCUT2D eigenvalue weighted by Gasteiger charge is -2.36. The Morgan fingerprint density at radius 2 is 2.22 bits per heavy atom. The van der Waals surface area contributed by atoms with Gasteiger partial charge in [0.2, 0.25) is 0 Å². The number of ether oxygens (including phenoxy) is 1. The van der Waals surface area contributed by atoms with Crippen molar-refractivity contribution in [2.24, 2.45) is 5.92 Å². The molecular weight excluding hydrogens is 288 g/mol. The molecule has 1 aromatic carbocycles. The number of pyridine rings is 1. The predicted octanol–water partition coefficient (Wildman–Crippen LogP) is 3.47. The first-order chi connectivity index (χ1) is 11.2. The van der Waals surface area contributed by atoms with Crippen LogP contribution in [0.15, 0.2) is 35.1 Å². The fourth-order valence-corrected chi connectivity index (χ4v) is 4.03. The summed E-state index contributed by atoms with van der Waals surface area (Å²) < 4.78 is 6.44. The van der Waals surface area contributed by atoms with Gasteiger partial charge in [0.15, 0.2) is 5.88 Å². The average molecular weight is 314 g/mol. The van der Waals surface area contributed by atoms with Crippen LogP contribution in [0.4, 0.5) is 0 Å². The van der Waals surface area contributed by atoms with E-state index in [1.807, 2.05) is 37.4 Å². The summed E-state index contributed by atoms with van der Waals surface area (Å²) in [7, 11) is 1.97. The molecule has 1 aliphatic rings. The number of hydrogen-bond acceptors (Lipinski definition) is 3. The van der Waals surface area contributed by atoms with E-state index in [1.54, 1.807) is 0 Å². The third kappa shape index (κ3) is 3.13.